The van der Waals surface area contributed by atoms with Crippen molar-refractivity contribution in [3.63, 3.8) is 0 Å². The molecule has 40 heavy (non-hydrogen) atoms. The van der Waals surface area contributed by atoms with E-state index >= 15 is 0 Å². The Hall–Kier alpha value is -4.10. The van der Waals surface area contributed by atoms with E-state index in [-0.39, 0.29) is 12.3 Å². The molecule has 0 aliphatic heterocycles. The molecule has 1 amide bonds. The number of furan rings is 1. The summed E-state index contributed by atoms with van der Waals surface area (Å²) in [6.45, 7) is 2.66. The van der Waals surface area contributed by atoms with Crippen molar-refractivity contribution in [2.75, 3.05) is 0 Å². The number of benzene rings is 3. The molecule has 0 radical (unpaired) electrons. The fraction of sp³-hybridized carbons (Fsp3) is 0.333. The van der Waals surface area contributed by atoms with E-state index in [1.54, 1.807) is 6.26 Å². The molecule has 1 aliphatic rings. The van der Waals surface area contributed by atoms with E-state index < -0.39 is 11.4 Å². The van der Waals surface area contributed by atoms with E-state index in [4.69, 9.17) is 19.7 Å². The van der Waals surface area contributed by atoms with Gasteiger partial charge in [-0.1, -0.05) is 62.6 Å². The Labute approximate surface area is 234 Å². The third kappa shape index (κ3) is 5.75. The first-order chi connectivity index (χ1) is 19.5. The first-order valence-electron chi connectivity index (χ1n) is 14.1. The van der Waals surface area contributed by atoms with Crippen molar-refractivity contribution in [1.82, 2.24) is 5.48 Å². The predicted molar refractivity (Wildman–Crippen MR) is 154 cm³/mol. The highest BCUT2D eigenvalue weighted by molar-refractivity contribution is 5.93. The van der Waals surface area contributed by atoms with Crippen LogP contribution in [0.4, 0.5) is 0 Å². The first-order valence-corrected chi connectivity index (χ1v) is 14.1. The minimum atomic E-state index is -0.830. The number of ether oxygens (including phenoxy) is 1. The molecule has 0 bridgehead atoms. The number of nitrogens with one attached hydrogen (secondary N) is 1. The number of hydroxylamine groups is 1. The van der Waals surface area contributed by atoms with Crippen molar-refractivity contribution in [3.05, 3.63) is 89.7 Å². The minimum Gasteiger partial charge on any atom is -0.489 e. The van der Waals surface area contributed by atoms with Gasteiger partial charge in [-0.3, -0.25) is 4.79 Å². The average Bonchev–Trinajstić information content (AvgIpc) is 3.48. The number of amides is 1. The van der Waals surface area contributed by atoms with Crippen LogP contribution in [0.15, 0.2) is 77.4 Å². The van der Waals surface area contributed by atoms with Crippen LogP contribution in [0.5, 0.6) is 5.75 Å². The van der Waals surface area contributed by atoms with E-state index in [0.29, 0.717) is 38.2 Å². The van der Waals surface area contributed by atoms with Gasteiger partial charge in [0.25, 0.3) is 5.91 Å². The second-order valence-corrected chi connectivity index (χ2v) is 10.5. The molecule has 208 valence electrons. The molecule has 5 rings (SSSR count). The maximum Gasteiger partial charge on any atom is 0.332 e. The van der Waals surface area contributed by atoms with E-state index in [9.17, 15) is 9.59 Å². The van der Waals surface area contributed by atoms with Crippen molar-refractivity contribution in [1.29, 1.82) is 0 Å². The third-order valence-electron chi connectivity index (χ3n) is 7.74. The van der Waals surface area contributed by atoms with Gasteiger partial charge in [0.2, 0.25) is 0 Å². The standard InChI is InChI=1S/C33H36N2O5/c1-2-9-30(36)40-35-32(37)33(15-6-3-7-16-33)28-12-4-5-13-29(28)39-22-24-19-26-14-17-38-31(26)27(20-24)25-11-8-10-23(18-25)21-34/h4-5,8,10-14,17-20H,2-3,6-7,9,15-16,21-22,34H2,1H3,(H,35,37). The summed E-state index contributed by atoms with van der Waals surface area (Å²) in [5.41, 5.74) is 13.2. The molecule has 1 saturated carbocycles. The van der Waals surface area contributed by atoms with Crippen LogP contribution in [0, 0.1) is 0 Å². The number of para-hydroxylation sites is 1. The minimum absolute atomic E-state index is 0.256. The second-order valence-electron chi connectivity index (χ2n) is 10.5. The van der Waals surface area contributed by atoms with Crippen molar-refractivity contribution < 1.29 is 23.6 Å². The quantitative estimate of drug-likeness (QED) is 0.229. The van der Waals surface area contributed by atoms with E-state index in [2.05, 4.69) is 29.7 Å². The number of carbonyl (C=O) groups is 2. The van der Waals surface area contributed by atoms with Gasteiger partial charge in [-0.25, -0.2) is 4.79 Å². The fourth-order valence-electron chi connectivity index (χ4n) is 5.69. The van der Waals surface area contributed by atoms with Gasteiger partial charge in [0.1, 0.15) is 17.9 Å². The lowest BCUT2D eigenvalue weighted by atomic mass is 9.68. The van der Waals surface area contributed by atoms with Gasteiger partial charge in [-0.05, 0) is 66.3 Å². The Morgan fingerprint density at radius 2 is 1.80 bits per heavy atom. The maximum atomic E-state index is 13.6. The van der Waals surface area contributed by atoms with E-state index in [1.165, 1.54) is 0 Å². The summed E-state index contributed by atoms with van der Waals surface area (Å²) in [6.07, 6.45) is 6.81. The van der Waals surface area contributed by atoms with E-state index in [0.717, 1.165) is 58.0 Å². The highest BCUT2D eigenvalue weighted by atomic mass is 16.7. The number of hydrogen-bond donors (Lipinski definition) is 2. The lowest BCUT2D eigenvalue weighted by Crippen LogP contribution is -2.46. The molecule has 7 heteroatoms. The molecule has 0 spiro atoms. The summed E-state index contributed by atoms with van der Waals surface area (Å²) in [6, 6.07) is 21.9. The summed E-state index contributed by atoms with van der Waals surface area (Å²) in [5, 5.41) is 0.986. The van der Waals surface area contributed by atoms with Gasteiger partial charge in [0, 0.05) is 29.5 Å². The van der Waals surface area contributed by atoms with E-state index in [1.807, 2.05) is 49.4 Å². The average molecular weight is 541 g/mol. The number of rotatable bonds is 9. The number of nitrogens with two attached hydrogens (primary N) is 1. The zero-order valence-corrected chi connectivity index (χ0v) is 22.9. The normalized spacial score (nSPS) is 14.6. The first kappa shape index (κ1) is 27.5. The van der Waals surface area contributed by atoms with Gasteiger partial charge in [-0.15, -0.1) is 0 Å². The van der Waals surface area contributed by atoms with Gasteiger partial charge in [0.15, 0.2) is 0 Å². The molecule has 3 N–H and O–H groups in total. The summed E-state index contributed by atoms with van der Waals surface area (Å²) in [4.78, 5) is 30.6. The van der Waals surface area contributed by atoms with Gasteiger partial charge in [-0.2, -0.15) is 5.48 Å². The zero-order chi connectivity index (χ0) is 28.0. The van der Waals surface area contributed by atoms with Crippen LogP contribution in [0.2, 0.25) is 0 Å². The molecule has 3 aromatic carbocycles. The molecule has 0 atom stereocenters. The fourth-order valence-corrected chi connectivity index (χ4v) is 5.69. The van der Waals surface area contributed by atoms with Crippen LogP contribution in [0.25, 0.3) is 22.1 Å². The highest BCUT2D eigenvalue weighted by Crippen LogP contribution is 2.44. The Bertz CT molecular complexity index is 1490. The van der Waals surface area contributed by atoms with Gasteiger partial charge < -0.3 is 19.7 Å². The van der Waals surface area contributed by atoms with Crippen LogP contribution in [-0.4, -0.2) is 11.9 Å². The molecule has 0 unspecified atom stereocenters. The Balaban J connectivity index is 1.43. The zero-order valence-electron chi connectivity index (χ0n) is 22.9. The summed E-state index contributed by atoms with van der Waals surface area (Å²) >= 11 is 0. The van der Waals surface area contributed by atoms with Crippen LogP contribution in [0.1, 0.15) is 68.6 Å². The molecule has 1 aromatic heterocycles. The molecular weight excluding hydrogens is 504 g/mol. The molecule has 1 aliphatic carbocycles. The Morgan fingerprint density at radius 1 is 0.975 bits per heavy atom. The topological polar surface area (TPSA) is 104 Å². The van der Waals surface area contributed by atoms with Gasteiger partial charge >= 0.3 is 5.97 Å². The molecule has 7 nitrogen and oxygen atoms in total. The lowest BCUT2D eigenvalue weighted by molar-refractivity contribution is -0.161. The molecule has 1 heterocycles. The maximum absolute atomic E-state index is 13.6. The van der Waals surface area contributed by atoms with Crippen LogP contribution in [0.3, 0.4) is 0 Å². The van der Waals surface area contributed by atoms with Crippen molar-refractivity contribution in [2.45, 2.75) is 70.4 Å². The molecule has 0 saturated heterocycles. The molecule has 4 aromatic rings. The van der Waals surface area contributed by atoms with Crippen molar-refractivity contribution in [3.8, 4) is 16.9 Å². The van der Waals surface area contributed by atoms with Crippen LogP contribution < -0.4 is 16.0 Å². The van der Waals surface area contributed by atoms with Crippen LogP contribution >= 0.6 is 0 Å². The second kappa shape index (κ2) is 12.4. The number of hydrogen-bond acceptors (Lipinski definition) is 6. The predicted octanol–water partition coefficient (Wildman–Crippen LogP) is 6.71. The molecule has 1 fully saturated rings. The molecular formula is C33H36N2O5. The lowest BCUT2D eigenvalue weighted by Gasteiger charge is -2.36. The Morgan fingerprint density at radius 3 is 2.60 bits per heavy atom. The highest BCUT2D eigenvalue weighted by Gasteiger charge is 2.43. The Kier molecular flexibility index (Phi) is 8.51. The largest absolute Gasteiger partial charge is 0.489 e. The number of fused-ring (bicyclic) bond motifs is 1. The number of carbonyl (C=O) groups excluding carboxylic acids is 2. The van der Waals surface area contributed by atoms with Gasteiger partial charge in [0.05, 0.1) is 11.7 Å². The van der Waals surface area contributed by atoms with Crippen LogP contribution in [-0.2, 0) is 33.0 Å². The summed E-state index contributed by atoms with van der Waals surface area (Å²) in [7, 11) is 0. The van der Waals surface area contributed by atoms with Crippen molar-refractivity contribution >= 4 is 22.8 Å². The third-order valence-corrected chi connectivity index (χ3v) is 7.74. The smallest absolute Gasteiger partial charge is 0.332 e. The van der Waals surface area contributed by atoms with Crippen molar-refractivity contribution in [2.24, 2.45) is 5.73 Å². The summed E-state index contributed by atoms with van der Waals surface area (Å²) < 4.78 is 12.3. The monoisotopic (exact) mass is 540 g/mol. The summed E-state index contributed by atoms with van der Waals surface area (Å²) in [5.74, 6) is -0.0817. The SMILES string of the molecule is CCCC(=O)ONC(=O)C1(c2ccccc2OCc2cc(-c3cccc(CN)c3)c3occc3c2)CCCCC1.